The molecule has 0 atom stereocenters. The summed E-state index contributed by atoms with van der Waals surface area (Å²) in [6.07, 6.45) is 2.46. The molecule has 18 heteroatoms. The number of carboxylic acids is 1. The van der Waals surface area contributed by atoms with Crippen LogP contribution in [-0.2, 0) is 41.6 Å². The van der Waals surface area contributed by atoms with Gasteiger partial charge in [-0.3, -0.25) is 0 Å². The SMILES string of the molecule is Cc1nc(C(=O)O)nc(Cc2ccccc2Cl)c1Cc1ccccc1Cl.Cc1nc(C(=O)OC(C)(C)C)nc(Cc2ccccc2Cl)c1Cc1ccccc1Cl.Cc1nc(C(=O)OC(C)(C)C)nc(Cl)c1Cc1ccccc1Cl. The van der Waals surface area contributed by atoms with Crippen LogP contribution in [0.25, 0.3) is 0 Å². The molecule has 12 nitrogen and oxygen atoms in total. The summed E-state index contributed by atoms with van der Waals surface area (Å²) in [7, 11) is 0. The Balaban J connectivity index is 0.000000193. The zero-order chi connectivity index (χ0) is 57.8. The minimum Gasteiger partial charge on any atom is -0.475 e. The summed E-state index contributed by atoms with van der Waals surface area (Å²) >= 11 is 37.8. The maximum absolute atomic E-state index is 12.6. The lowest BCUT2D eigenvalue weighted by atomic mass is 9.98. The highest BCUT2D eigenvalue weighted by atomic mass is 35.5. The van der Waals surface area contributed by atoms with Crippen LogP contribution >= 0.6 is 69.6 Å². The van der Waals surface area contributed by atoms with Crippen molar-refractivity contribution in [2.75, 3.05) is 0 Å². The van der Waals surface area contributed by atoms with E-state index in [0.29, 0.717) is 80.0 Å². The molecule has 3 heterocycles. The number of ether oxygens (including phenoxy) is 2. The maximum Gasteiger partial charge on any atom is 0.376 e. The summed E-state index contributed by atoms with van der Waals surface area (Å²) in [4.78, 5) is 61.8. The molecule has 0 aliphatic rings. The van der Waals surface area contributed by atoms with Crippen LogP contribution < -0.4 is 0 Å². The summed E-state index contributed by atoms with van der Waals surface area (Å²) in [6, 6.07) is 37.8. The molecule has 0 bridgehead atoms. The first-order chi connectivity index (χ1) is 37.3. The van der Waals surface area contributed by atoms with Gasteiger partial charge in [-0.2, -0.15) is 0 Å². The van der Waals surface area contributed by atoms with E-state index in [4.69, 9.17) is 79.1 Å². The molecule has 0 unspecified atom stereocenters. The van der Waals surface area contributed by atoms with Gasteiger partial charge in [-0.1, -0.05) is 161 Å². The number of carbonyl (C=O) groups is 3. The van der Waals surface area contributed by atoms with Crippen molar-refractivity contribution in [1.29, 1.82) is 0 Å². The predicted molar refractivity (Wildman–Crippen MR) is 314 cm³/mol. The largest absolute Gasteiger partial charge is 0.475 e. The van der Waals surface area contributed by atoms with E-state index in [1.165, 1.54) is 0 Å². The number of aryl methyl sites for hydroxylation is 3. The molecule has 0 fully saturated rings. The number of carboxylic acid groups (broad SMARTS) is 1. The Labute approximate surface area is 490 Å². The van der Waals surface area contributed by atoms with Crippen LogP contribution in [-0.4, -0.2) is 64.1 Å². The van der Waals surface area contributed by atoms with Gasteiger partial charge in [-0.15, -0.1) is 0 Å². The lowest BCUT2D eigenvalue weighted by Gasteiger charge is -2.20. The van der Waals surface area contributed by atoms with Crippen LogP contribution in [0.2, 0.25) is 30.3 Å². The Morgan fingerprint density at radius 2 is 0.658 bits per heavy atom. The number of aromatic nitrogens is 6. The molecule has 5 aromatic carbocycles. The summed E-state index contributed by atoms with van der Waals surface area (Å²) in [5.41, 5.74) is 9.26. The van der Waals surface area contributed by atoms with Crippen LogP contribution in [0.5, 0.6) is 0 Å². The number of benzene rings is 5. The molecule has 0 amide bonds. The summed E-state index contributed by atoms with van der Waals surface area (Å²) in [5, 5.41) is 12.8. The molecule has 0 spiro atoms. The van der Waals surface area contributed by atoms with Crippen LogP contribution in [0.4, 0.5) is 0 Å². The number of carbonyl (C=O) groups excluding carboxylic acids is 2. The van der Waals surface area contributed by atoms with Crippen molar-refractivity contribution in [3.63, 3.8) is 0 Å². The molecule has 0 aliphatic heterocycles. The average molecular weight is 1180 g/mol. The van der Waals surface area contributed by atoms with Gasteiger partial charge >= 0.3 is 17.9 Å². The fraction of sp³-hybridized carbons (Fsp3) is 0.262. The minimum atomic E-state index is -1.15. The van der Waals surface area contributed by atoms with Gasteiger partial charge in [0, 0.05) is 79.9 Å². The third-order valence-electron chi connectivity index (χ3n) is 11.7. The molecule has 0 aliphatic carbocycles. The number of nitrogens with zero attached hydrogens (tertiary/aromatic N) is 6. The molecule has 79 heavy (non-hydrogen) atoms. The van der Waals surface area contributed by atoms with Crippen molar-refractivity contribution in [3.8, 4) is 0 Å². The first kappa shape index (κ1) is 61.7. The van der Waals surface area contributed by atoms with Crippen LogP contribution in [0.1, 0.15) is 146 Å². The predicted octanol–water partition coefficient (Wildman–Crippen LogP) is 15.8. The van der Waals surface area contributed by atoms with Crippen molar-refractivity contribution in [2.24, 2.45) is 0 Å². The molecule has 0 radical (unpaired) electrons. The van der Waals surface area contributed by atoms with Gasteiger partial charge in [0.2, 0.25) is 17.5 Å². The number of halogens is 6. The standard InChI is InChI=1S/C24H24Cl2N2O2.C20H16Cl2N2O2.C17H18Cl2N2O2/c1-15-18(13-16-9-5-7-11-19(16)25)21(14-17-10-6-8-12-20(17)26)28-22(27-15)23(29)30-24(2,3)4;1-12-15(10-13-6-2-4-8-16(13)21)18(24-19(23-12)20(25)26)11-14-7-3-5-9-17(14)22;1-10-12(9-11-7-5-6-8-13(11)18)14(19)21-15(20-10)16(22)23-17(2,3)4/h5-12H,13-14H2,1-4H3;2-9H,10-11H2,1H3,(H,25,26);5-8H,9H2,1-4H3. The Kier molecular flexibility index (Phi) is 21.5. The quantitative estimate of drug-likeness (QED) is 0.0858. The Morgan fingerprint density at radius 3 is 0.962 bits per heavy atom. The Hall–Kier alpha value is -6.51. The van der Waals surface area contributed by atoms with Gasteiger partial charge in [-0.05, 0) is 132 Å². The molecule has 0 saturated heterocycles. The van der Waals surface area contributed by atoms with Crippen molar-refractivity contribution in [2.45, 2.75) is 106 Å². The fourth-order valence-corrected chi connectivity index (χ4v) is 9.19. The molecular weight excluding hydrogens is 1130 g/mol. The normalized spacial score (nSPS) is 11.2. The zero-order valence-corrected chi connectivity index (χ0v) is 49.6. The second kappa shape index (κ2) is 27.6. The van der Waals surface area contributed by atoms with Gasteiger partial charge in [0.15, 0.2) is 0 Å². The summed E-state index contributed by atoms with van der Waals surface area (Å²) in [5.74, 6) is -2.50. The molecule has 8 aromatic rings. The van der Waals surface area contributed by atoms with Gasteiger partial charge in [0.25, 0.3) is 0 Å². The second-order valence-electron chi connectivity index (χ2n) is 20.2. The number of esters is 2. The average Bonchev–Trinajstić information content (AvgIpc) is 3.37. The number of aromatic carboxylic acids is 1. The van der Waals surface area contributed by atoms with Crippen molar-refractivity contribution >= 4 is 87.5 Å². The maximum atomic E-state index is 12.6. The Morgan fingerprint density at radius 1 is 0.392 bits per heavy atom. The minimum absolute atomic E-state index is 0.0367. The van der Waals surface area contributed by atoms with E-state index in [1.54, 1.807) is 40.7 Å². The third kappa shape index (κ3) is 18.0. The van der Waals surface area contributed by atoms with Crippen molar-refractivity contribution in [1.82, 2.24) is 29.9 Å². The lowest BCUT2D eigenvalue weighted by Crippen LogP contribution is -2.26. The van der Waals surface area contributed by atoms with E-state index < -0.39 is 29.1 Å². The van der Waals surface area contributed by atoms with Gasteiger partial charge in [0.05, 0.1) is 11.4 Å². The first-order valence-electron chi connectivity index (χ1n) is 24.9. The Bertz CT molecular complexity index is 3490. The number of hydrogen-bond donors (Lipinski definition) is 1. The molecular formula is C61H58Cl6N6O6. The van der Waals surface area contributed by atoms with Gasteiger partial charge < -0.3 is 14.6 Å². The first-order valence-corrected chi connectivity index (χ1v) is 27.2. The monoisotopic (exact) mass is 1180 g/mol. The third-order valence-corrected chi connectivity index (χ3v) is 13.9. The second-order valence-corrected chi connectivity index (χ2v) is 22.6. The molecule has 410 valence electrons. The number of hydrogen-bond acceptors (Lipinski definition) is 11. The van der Waals surface area contributed by atoms with Crippen molar-refractivity contribution < 1.29 is 29.0 Å². The van der Waals surface area contributed by atoms with Gasteiger partial charge in [-0.25, -0.2) is 44.3 Å². The lowest BCUT2D eigenvalue weighted by molar-refractivity contribution is 0.00430. The van der Waals surface area contributed by atoms with Crippen LogP contribution in [0, 0.1) is 20.8 Å². The van der Waals surface area contributed by atoms with Crippen LogP contribution in [0.15, 0.2) is 121 Å². The molecule has 8 rings (SSSR count). The zero-order valence-electron chi connectivity index (χ0n) is 45.0. The summed E-state index contributed by atoms with van der Waals surface area (Å²) < 4.78 is 10.7. The van der Waals surface area contributed by atoms with E-state index in [1.807, 2.05) is 143 Å². The smallest absolute Gasteiger partial charge is 0.376 e. The van der Waals surface area contributed by atoms with E-state index in [0.717, 1.165) is 50.2 Å². The molecule has 0 saturated carbocycles. The van der Waals surface area contributed by atoms with E-state index in [2.05, 4.69) is 29.9 Å². The fourth-order valence-electron chi connectivity index (χ4n) is 7.89. The highest BCUT2D eigenvalue weighted by Crippen LogP contribution is 2.29. The number of rotatable bonds is 13. The highest BCUT2D eigenvalue weighted by Gasteiger charge is 2.25. The highest BCUT2D eigenvalue weighted by molar-refractivity contribution is 6.33. The topological polar surface area (TPSA) is 167 Å². The van der Waals surface area contributed by atoms with Crippen molar-refractivity contribution in [3.05, 3.63) is 242 Å². The van der Waals surface area contributed by atoms with E-state index in [9.17, 15) is 19.5 Å². The summed E-state index contributed by atoms with van der Waals surface area (Å²) in [6.45, 7) is 16.2. The van der Waals surface area contributed by atoms with Crippen LogP contribution in [0.3, 0.4) is 0 Å². The van der Waals surface area contributed by atoms with E-state index in [-0.39, 0.29) is 22.6 Å². The molecule has 1 N–H and O–H groups in total. The van der Waals surface area contributed by atoms with E-state index >= 15 is 0 Å². The molecule has 3 aromatic heterocycles. The van der Waals surface area contributed by atoms with Gasteiger partial charge in [0.1, 0.15) is 16.4 Å².